The van der Waals surface area contributed by atoms with Crippen molar-refractivity contribution in [3.05, 3.63) is 53.9 Å². The number of hydrogen-bond acceptors (Lipinski definition) is 8. The zero-order valence-corrected chi connectivity index (χ0v) is 18.6. The highest BCUT2D eigenvalue weighted by Crippen LogP contribution is 2.32. The third-order valence-corrected chi connectivity index (χ3v) is 5.43. The summed E-state index contributed by atoms with van der Waals surface area (Å²) in [7, 11) is 0. The Balaban J connectivity index is 1.39. The van der Waals surface area contributed by atoms with Crippen molar-refractivity contribution in [3.8, 4) is 17.2 Å². The summed E-state index contributed by atoms with van der Waals surface area (Å²) in [5, 5.41) is 11.7. The Morgan fingerprint density at radius 1 is 1.09 bits per heavy atom. The van der Waals surface area contributed by atoms with Crippen LogP contribution in [0.2, 0.25) is 0 Å². The topological polar surface area (TPSA) is 105 Å². The maximum atomic E-state index is 12.5. The van der Waals surface area contributed by atoms with Gasteiger partial charge in [0.05, 0.1) is 5.56 Å². The number of nitrogens with one attached hydrogen (secondary N) is 1. The fourth-order valence-corrected chi connectivity index (χ4v) is 3.71. The van der Waals surface area contributed by atoms with Gasteiger partial charge in [-0.2, -0.15) is 0 Å². The molecule has 1 aromatic heterocycles. The summed E-state index contributed by atoms with van der Waals surface area (Å²) >= 11 is 1.48. The summed E-state index contributed by atoms with van der Waals surface area (Å²) in [5.41, 5.74) is 1.70. The highest BCUT2D eigenvalue weighted by atomic mass is 32.2. The number of benzene rings is 2. The maximum absolute atomic E-state index is 12.5. The Kier molecular flexibility index (Phi) is 6.31. The number of esters is 1. The van der Waals surface area contributed by atoms with Gasteiger partial charge in [0.15, 0.2) is 22.8 Å². The third kappa shape index (κ3) is 4.54. The van der Waals surface area contributed by atoms with Gasteiger partial charge in [-0.25, -0.2) is 4.79 Å². The van der Waals surface area contributed by atoms with Crippen LogP contribution in [0.15, 0.2) is 47.6 Å². The summed E-state index contributed by atoms with van der Waals surface area (Å²) in [6, 6.07) is 12.0. The van der Waals surface area contributed by atoms with Gasteiger partial charge in [0.25, 0.3) is 5.91 Å². The van der Waals surface area contributed by atoms with Crippen molar-refractivity contribution in [3.63, 3.8) is 0 Å². The molecular weight excluding hydrogens is 432 g/mol. The number of ether oxygens (including phenoxy) is 3. The standard InChI is InChI=1S/C22H22N4O5S/c1-13(20(27)23-16-6-9-18-19(12-16)30-11-10-29-18)31-21(28)15-4-7-17(8-5-15)26-14(2)24-25-22(26)32-3/h4-9,12-13H,10-11H2,1-3H3,(H,23,27). The van der Waals surface area contributed by atoms with Gasteiger partial charge in [0.2, 0.25) is 0 Å². The molecule has 0 spiro atoms. The van der Waals surface area contributed by atoms with E-state index in [1.807, 2.05) is 17.7 Å². The van der Waals surface area contributed by atoms with Crippen LogP contribution in [-0.4, -0.2) is 52.2 Å². The molecule has 0 fully saturated rings. The number of fused-ring (bicyclic) bond motifs is 1. The minimum Gasteiger partial charge on any atom is -0.486 e. The van der Waals surface area contributed by atoms with Crippen LogP contribution >= 0.6 is 11.8 Å². The molecule has 9 nitrogen and oxygen atoms in total. The highest BCUT2D eigenvalue weighted by molar-refractivity contribution is 7.98. The number of aromatic nitrogens is 3. The van der Waals surface area contributed by atoms with E-state index in [1.54, 1.807) is 42.5 Å². The van der Waals surface area contributed by atoms with Gasteiger partial charge >= 0.3 is 5.97 Å². The fourth-order valence-electron chi connectivity index (χ4n) is 3.17. The first kappa shape index (κ1) is 21.7. The van der Waals surface area contributed by atoms with Crippen LogP contribution in [0.5, 0.6) is 11.5 Å². The van der Waals surface area contributed by atoms with Gasteiger partial charge in [-0.15, -0.1) is 10.2 Å². The van der Waals surface area contributed by atoms with E-state index in [1.165, 1.54) is 18.7 Å². The Hall–Kier alpha value is -3.53. The van der Waals surface area contributed by atoms with Gasteiger partial charge in [0.1, 0.15) is 19.0 Å². The summed E-state index contributed by atoms with van der Waals surface area (Å²) in [6.45, 7) is 4.32. The SMILES string of the molecule is CSc1nnc(C)n1-c1ccc(C(=O)OC(C)C(=O)Nc2ccc3c(c2)OCCO3)cc1. The van der Waals surface area contributed by atoms with Crippen LogP contribution in [0.1, 0.15) is 23.1 Å². The van der Waals surface area contributed by atoms with E-state index in [0.29, 0.717) is 36.0 Å². The second-order valence-corrected chi connectivity index (χ2v) is 7.78. The molecule has 166 valence electrons. The van der Waals surface area contributed by atoms with Gasteiger partial charge in [-0.3, -0.25) is 9.36 Å². The molecule has 1 N–H and O–H groups in total. The lowest BCUT2D eigenvalue weighted by Gasteiger charge is -2.19. The monoisotopic (exact) mass is 454 g/mol. The van der Waals surface area contributed by atoms with Crippen molar-refractivity contribution in [1.29, 1.82) is 0 Å². The molecule has 10 heteroatoms. The third-order valence-electron chi connectivity index (χ3n) is 4.80. The van der Waals surface area contributed by atoms with E-state index in [4.69, 9.17) is 14.2 Å². The van der Waals surface area contributed by atoms with Crippen LogP contribution < -0.4 is 14.8 Å². The van der Waals surface area contributed by atoms with Crippen LogP contribution in [-0.2, 0) is 9.53 Å². The number of carbonyl (C=O) groups is 2. The molecule has 0 bridgehead atoms. The predicted molar refractivity (Wildman–Crippen MR) is 119 cm³/mol. The molecule has 2 aromatic carbocycles. The Morgan fingerprint density at radius 2 is 1.81 bits per heavy atom. The maximum Gasteiger partial charge on any atom is 0.338 e. The van der Waals surface area contributed by atoms with Crippen molar-refractivity contribution in [1.82, 2.24) is 14.8 Å². The van der Waals surface area contributed by atoms with Gasteiger partial charge in [-0.1, -0.05) is 11.8 Å². The van der Waals surface area contributed by atoms with Crippen LogP contribution in [0, 0.1) is 6.92 Å². The first-order chi connectivity index (χ1) is 15.5. The van der Waals surface area contributed by atoms with Crippen molar-refractivity contribution in [2.24, 2.45) is 0 Å². The van der Waals surface area contributed by atoms with E-state index in [-0.39, 0.29) is 0 Å². The smallest absolute Gasteiger partial charge is 0.338 e. The summed E-state index contributed by atoms with van der Waals surface area (Å²) in [6.07, 6.45) is 0.932. The molecule has 0 radical (unpaired) electrons. The van der Waals surface area contributed by atoms with E-state index in [9.17, 15) is 9.59 Å². The molecule has 0 saturated heterocycles. The number of anilines is 1. The van der Waals surface area contributed by atoms with E-state index < -0.39 is 18.0 Å². The molecule has 1 amide bonds. The molecular formula is C22H22N4O5S. The second kappa shape index (κ2) is 9.31. The van der Waals surface area contributed by atoms with E-state index in [0.717, 1.165) is 16.7 Å². The highest BCUT2D eigenvalue weighted by Gasteiger charge is 2.21. The average Bonchev–Trinajstić information content (AvgIpc) is 3.19. The lowest BCUT2D eigenvalue weighted by atomic mass is 10.2. The molecule has 1 aliphatic rings. The van der Waals surface area contributed by atoms with Crippen molar-refractivity contribution < 1.29 is 23.8 Å². The number of thioether (sulfide) groups is 1. The van der Waals surface area contributed by atoms with Gasteiger partial charge in [-0.05, 0) is 56.5 Å². The first-order valence-corrected chi connectivity index (χ1v) is 11.2. The quantitative estimate of drug-likeness (QED) is 0.447. The van der Waals surface area contributed by atoms with Crippen molar-refractivity contribution >= 4 is 29.3 Å². The number of rotatable bonds is 6. The molecule has 4 rings (SSSR count). The van der Waals surface area contributed by atoms with Crippen LogP contribution in [0.4, 0.5) is 5.69 Å². The lowest BCUT2D eigenvalue weighted by molar-refractivity contribution is -0.123. The van der Waals surface area contributed by atoms with Crippen LogP contribution in [0.3, 0.4) is 0 Å². The molecule has 2 heterocycles. The fraction of sp³-hybridized carbons (Fsp3) is 0.273. The second-order valence-electron chi connectivity index (χ2n) is 7.01. The summed E-state index contributed by atoms with van der Waals surface area (Å²) in [4.78, 5) is 25.0. The normalized spacial score (nSPS) is 13.3. The molecule has 1 atom stereocenters. The summed E-state index contributed by atoms with van der Waals surface area (Å²) < 4.78 is 18.2. The van der Waals surface area contributed by atoms with Gasteiger partial charge < -0.3 is 19.5 Å². The predicted octanol–water partition coefficient (Wildman–Crippen LogP) is 3.25. The molecule has 32 heavy (non-hydrogen) atoms. The van der Waals surface area contributed by atoms with Crippen molar-refractivity contribution in [2.75, 3.05) is 24.8 Å². The number of carbonyl (C=O) groups excluding carboxylic acids is 2. The Labute approximate surface area is 189 Å². The number of nitrogens with zero attached hydrogens (tertiary/aromatic N) is 3. The number of aryl methyl sites for hydroxylation is 1. The lowest BCUT2D eigenvalue weighted by Crippen LogP contribution is -2.30. The molecule has 0 saturated carbocycles. The zero-order chi connectivity index (χ0) is 22.7. The van der Waals surface area contributed by atoms with Crippen LogP contribution in [0.25, 0.3) is 5.69 Å². The minimum absolute atomic E-state index is 0.337. The minimum atomic E-state index is -0.987. The summed E-state index contributed by atoms with van der Waals surface area (Å²) in [5.74, 6) is 0.896. The molecule has 0 aliphatic carbocycles. The van der Waals surface area contributed by atoms with Crippen molar-refractivity contribution in [2.45, 2.75) is 25.1 Å². The molecule has 1 aliphatic heterocycles. The average molecular weight is 455 g/mol. The molecule has 3 aromatic rings. The number of hydrogen-bond donors (Lipinski definition) is 1. The Morgan fingerprint density at radius 3 is 2.53 bits per heavy atom. The van der Waals surface area contributed by atoms with E-state index in [2.05, 4.69) is 15.5 Å². The number of amides is 1. The van der Waals surface area contributed by atoms with E-state index >= 15 is 0 Å². The Bertz CT molecular complexity index is 1150. The molecule has 1 unspecified atom stereocenters. The first-order valence-electron chi connectivity index (χ1n) is 9.94. The zero-order valence-electron chi connectivity index (χ0n) is 17.8. The largest absolute Gasteiger partial charge is 0.486 e. The van der Waals surface area contributed by atoms with Gasteiger partial charge in [0, 0.05) is 17.4 Å².